The van der Waals surface area contributed by atoms with Crippen molar-refractivity contribution in [2.75, 3.05) is 5.32 Å². The van der Waals surface area contributed by atoms with E-state index < -0.39 is 6.04 Å². The van der Waals surface area contributed by atoms with E-state index in [1.807, 2.05) is 79.7 Å². The van der Waals surface area contributed by atoms with Crippen LogP contribution in [0, 0.1) is 6.92 Å². The van der Waals surface area contributed by atoms with Crippen LogP contribution in [-0.2, 0) is 11.3 Å². The van der Waals surface area contributed by atoms with E-state index in [1.165, 1.54) is 0 Å². The van der Waals surface area contributed by atoms with Crippen molar-refractivity contribution in [2.45, 2.75) is 19.5 Å². The van der Waals surface area contributed by atoms with E-state index in [-0.39, 0.29) is 5.91 Å². The maximum atomic E-state index is 12.9. The lowest BCUT2D eigenvalue weighted by Crippen LogP contribution is -2.32. The third-order valence-electron chi connectivity index (χ3n) is 4.19. The fraction of sp³-hybridized carbons (Fsp3) is 0.136. The Morgan fingerprint density at radius 1 is 0.962 bits per heavy atom. The highest BCUT2D eigenvalue weighted by atomic mass is 35.5. The topological polar surface area (TPSA) is 41.1 Å². The van der Waals surface area contributed by atoms with Crippen LogP contribution in [0.4, 0.5) is 5.69 Å². The molecule has 0 spiro atoms. The first kappa shape index (κ1) is 18.2. The predicted octanol–water partition coefficient (Wildman–Crippen LogP) is 5.12. The quantitative estimate of drug-likeness (QED) is 0.637. The molecule has 0 aromatic heterocycles. The first-order valence-electron chi connectivity index (χ1n) is 8.53. The number of rotatable bonds is 6. The highest BCUT2D eigenvalue weighted by Gasteiger charge is 2.20. The third-order valence-corrected chi connectivity index (χ3v) is 4.59. The smallest absolute Gasteiger partial charge is 0.246 e. The number of amides is 1. The number of carbonyl (C=O) groups excluding carboxylic acids is 1. The lowest BCUT2D eigenvalue weighted by Gasteiger charge is -2.19. The molecular formula is C22H21ClN2O. The fourth-order valence-corrected chi connectivity index (χ4v) is 2.89. The average Bonchev–Trinajstić information content (AvgIpc) is 2.67. The molecule has 0 radical (unpaired) electrons. The van der Waals surface area contributed by atoms with E-state index in [4.69, 9.17) is 11.6 Å². The summed E-state index contributed by atoms with van der Waals surface area (Å²) < 4.78 is 0. The molecule has 2 N–H and O–H groups in total. The monoisotopic (exact) mass is 364 g/mol. The van der Waals surface area contributed by atoms with E-state index in [2.05, 4.69) is 10.6 Å². The van der Waals surface area contributed by atoms with Crippen molar-refractivity contribution in [3.63, 3.8) is 0 Å². The van der Waals surface area contributed by atoms with Gasteiger partial charge in [-0.1, -0.05) is 78.3 Å². The van der Waals surface area contributed by atoms with E-state index in [0.717, 1.165) is 16.7 Å². The molecule has 0 bridgehead atoms. The molecule has 0 saturated carbocycles. The van der Waals surface area contributed by atoms with Crippen LogP contribution >= 0.6 is 11.6 Å². The van der Waals surface area contributed by atoms with Gasteiger partial charge in [-0.3, -0.25) is 10.1 Å². The number of hydrogen-bond donors (Lipinski definition) is 2. The lowest BCUT2D eigenvalue weighted by molar-refractivity contribution is -0.118. The molecule has 3 rings (SSSR count). The summed E-state index contributed by atoms with van der Waals surface area (Å²) in [6, 6.07) is 24.8. The zero-order chi connectivity index (χ0) is 18.4. The van der Waals surface area contributed by atoms with Gasteiger partial charge in [-0.25, -0.2) is 0 Å². The molecule has 0 aliphatic rings. The molecule has 1 amide bonds. The minimum absolute atomic E-state index is 0.118. The molecule has 3 nitrogen and oxygen atoms in total. The molecule has 1 atom stereocenters. The van der Waals surface area contributed by atoms with E-state index in [1.54, 1.807) is 6.07 Å². The fourth-order valence-electron chi connectivity index (χ4n) is 2.71. The van der Waals surface area contributed by atoms with E-state index in [0.29, 0.717) is 17.3 Å². The van der Waals surface area contributed by atoms with Crippen LogP contribution in [0.2, 0.25) is 5.02 Å². The summed E-state index contributed by atoms with van der Waals surface area (Å²) in [6.07, 6.45) is 0. The second-order valence-corrected chi connectivity index (χ2v) is 6.57. The zero-order valence-corrected chi connectivity index (χ0v) is 15.3. The summed E-state index contributed by atoms with van der Waals surface area (Å²) in [6.45, 7) is 2.53. The van der Waals surface area contributed by atoms with Gasteiger partial charge in [-0.15, -0.1) is 0 Å². The van der Waals surface area contributed by atoms with Gasteiger partial charge in [0.15, 0.2) is 0 Å². The van der Waals surface area contributed by atoms with Crippen LogP contribution in [-0.4, -0.2) is 5.91 Å². The minimum Gasteiger partial charge on any atom is -0.324 e. The molecule has 0 unspecified atom stereocenters. The first-order valence-corrected chi connectivity index (χ1v) is 8.90. The Kier molecular flexibility index (Phi) is 6.05. The summed E-state index contributed by atoms with van der Waals surface area (Å²) in [5.74, 6) is -0.118. The summed E-state index contributed by atoms with van der Waals surface area (Å²) in [4.78, 5) is 12.9. The molecular weight excluding hydrogens is 344 g/mol. The van der Waals surface area contributed by atoms with Gasteiger partial charge in [-0.05, 0) is 35.7 Å². The van der Waals surface area contributed by atoms with Crippen LogP contribution in [0.15, 0.2) is 78.9 Å². The Bertz CT molecular complexity index is 866. The van der Waals surface area contributed by atoms with Crippen LogP contribution in [0.3, 0.4) is 0 Å². The molecule has 4 heteroatoms. The van der Waals surface area contributed by atoms with Crippen LogP contribution in [0.5, 0.6) is 0 Å². The molecule has 0 heterocycles. The number of halogens is 1. The molecule has 0 aliphatic carbocycles. The molecule has 0 saturated heterocycles. The van der Waals surface area contributed by atoms with Crippen LogP contribution in [0.1, 0.15) is 22.7 Å². The Hall–Kier alpha value is -2.62. The highest BCUT2D eigenvalue weighted by molar-refractivity contribution is 6.31. The Morgan fingerprint density at radius 2 is 1.62 bits per heavy atom. The van der Waals surface area contributed by atoms with Crippen LogP contribution in [0.25, 0.3) is 0 Å². The second-order valence-electron chi connectivity index (χ2n) is 6.16. The lowest BCUT2D eigenvalue weighted by atomic mass is 10.1. The first-order chi connectivity index (χ1) is 12.6. The summed E-state index contributed by atoms with van der Waals surface area (Å²) in [7, 11) is 0. The van der Waals surface area contributed by atoms with Crippen molar-refractivity contribution in [2.24, 2.45) is 0 Å². The largest absolute Gasteiger partial charge is 0.324 e. The van der Waals surface area contributed by atoms with Gasteiger partial charge in [0.2, 0.25) is 5.91 Å². The summed E-state index contributed by atoms with van der Waals surface area (Å²) in [5.41, 5.74) is 3.71. The molecule has 3 aromatic carbocycles. The molecule has 26 heavy (non-hydrogen) atoms. The Morgan fingerprint density at radius 3 is 2.27 bits per heavy atom. The number of anilines is 1. The summed E-state index contributed by atoms with van der Waals surface area (Å²) in [5, 5.41) is 6.95. The molecule has 0 fully saturated rings. The maximum absolute atomic E-state index is 12.9. The van der Waals surface area contributed by atoms with Crippen LogP contribution < -0.4 is 10.6 Å². The van der Waals surface area contributed by atoms with Gasteiger partial charge < -0.3 is 5.32 Å². The van der Waals surface area contributed by atoms with Gasteiger partial charge in [0.25, 0.3) is 0 Å². The highest BCUT2D eigenvalue weighted by Crippen LogP contribution is 2.22. The van der Waals surface area contributed by atoms with E-state index >= 15 is 0 Å². The number of nitrogens with one attached hydrogen (secondary N) is 2. The molecule has 3 aromatic rings. The number of benzene rings is 3. The Balaban J connectivity index is 1.77. The van der Waals surface area contributed by atoms with Gasteiger partial charge in [-0.2, -0.15) is 0 Å². The predicted molar refractivity (Wildman–Crippen MR) is 107 cm³/mol. The van der Waals surface area contributed by atoms with Crippen molar-refractivity contribution >= 4 is 23.2 Å². The Labute approximate surface area is 159 Å². The normalized spacial score (nSPS) is 11.8. The van der Waals surface area contributed by atoms with Gasteiger partial charge in [0.1, 0.15) is 6.04 Å². The van der Waals surface area contributed by atoms with Crippen molar-refractivity contribution in [3.8, 4) is 0 Å². The molecule has 0 aliphatic heterocycles. The third kappa shape index (κ3) is 4.72. The average molecular weight is 365 g/mol. The molecule has 132 valence electrons. The maximum Gasteiger partial charge on any atom is 0.246 e. The van der Waals surface area contributed by atoms with Crippen molar-refractivity contribution in [1.82, 2.24) is 5.32 Å². The van der Waals surface area contributed by atoms with Crippen molar-refractivity contribution in [3.05, 3.63) is 101 Å². The second kappa shape index (κ2) is 8.65. The number of carbonyl (C=O) groups is 1. The van der Waals surface area contributed by atoms with E-state index in [9.17, 15) is 4.79 Å². The number of hydrogen-bond acceptors (Lipinski definition) is 2. The van der Waals surface area contributed by atoms with Gasteiger partial charge >= 0.3 is 0 Å². The van der Waals surface area contributed by atoms with Crippen molar-refractivity contribution in [1.29, 1.82) is 0 Å². The summed E-state index contributed by atoms with van der Waals surface area (Å²) >= 11 is 6.17. The number of aryl methyl sites for hydroxylation is 1. The standard InChI is InChI=1S/C22H21ClN2O/c1-16-12-13-19(14-20(16)23)25-22(26)21(18-10-6-3-7-11-18)24-15-17-8-4-2-5-9-17/h2-14,21,24H,15H2,1H3,(H,25,26)/t21-/m0/s1. The van der Waals surface area contributed by atoms with Gasteiger partial charge in [0, 0.05) is 17.3 Å². The van der Waals surface area contributed by atoms with Crippen molar-refractivity contribution < 1.29 is 4.79 Å². The SMILES string of the molecule is Cc1ccc(NC(=O)[C@@H](NCc2ccccc2)c2ccccc2)cc1Cl. The minimum atomic E-state index is -0.462. The zero-order valence-electron chi connectivity index (χ0n) is 14.6. The van der Waals surface area contributed by atoms with Gasteiger partial charge in [0.05, 0.1) is 0 Å².